The van der Waals surface area contributed by atoms with Gasteiger partial charge in [0.15, 0.2) is 5.17 Å². The minimum absolute atomic E-state index is 0.00190. The summed E-state index contributed by atoms with van der Waals surface area (Å²) in [7, 11) is 1.58. The van der Waals surface area contributed by atoms with Crippen molar-refractivity contribution in [3.8, 4) is 16.9 Å². The number of hydrogen-bond donors (Lipinski definition) is 2. The smallest absolute Gasteiger partial charge is 0.426 e. The molecule has 0 unspecified atom stereocenters. The molecule has 4 rings (SSSR count). The Labute approximate surface area is 259 Å². The highest BCUT2D eigenvalue weighted by Crippen LogP contribution is 2.31. The first-order valence-corrected chi connectivity index (χ1v) is 15.2. The normalized spacial score (nSPS) is 14.4. The average molecular weight is 606 g/mol. The van der Waals surface area contributed by atoms with Gasteiger partial charge in [-0.05, 0) is 83.9 Å². The molecular formula is C33H43N5O4S. The molecule has 1 saturated heterocycles. The lowest BCUT2D eigenvalue weighted by Gasteiger charge is -2.38. The van der Waals surface area contributed by atoms with E-state index in [9.17, 15) is 9.59 Å². The van der Waals surface area contributed by atoms with Crippen LogP contribution in [0.1, 0.15) is 48.5 Å². The number of amides is 3. The zero-order valence-electron chi connectivity index (χ0n) is 26.3. The number of aliphatic imine (C=N–C) groups is 1. The average Bonchev–Trinajstić information content (AvgIpc) is 2.96. The molecule has 0 spiro atoms. The van der Waals surface area contributed by atoms with Gasteiger partial charge >= 0.3 is 12.1 Å². The molecule has 3 amide bonds. The summed E-state index contributed by atoms with van der Waals surface area (Å²) >= 11 is 1.61. The summed E-state index contributed by atoms with van der Waals surface area (Å²) < 4.78 is 10.3. The Hall–Kier alpha value is -4.18. The predicted octanol–water partition coefficient (Wildman–Crippen LogP) is 8.01. The van der Waals surface area contributed by atoms with Gasteiger partial charge in [0.1, 0.15) is 5.75 Å². The lowest BCUT2D eigenvalue weighted by atomic mass is 10.1. The number of urea groups is 1. The highest BCUT2D eigenvalue weighted by Gasteiger charge is 2.34. The van der Waals surface area contributed by atoms with E-state index in [4.69, 9.17) is 14.5 Å². The number of amidine groups is 1. The highest BCUT2D eigenvalue weighted by atomic mass is 32.2. The molecule has 10 heteroatoms. The monoisotopic (exact) mass is 605 g/mol. The fourth-order valence-electron chi connectivity index (χ4n) is 4.04. The van der Waals surface area contributed by atoms with Gasteiger partial charge in [-0.15, -0.1) is 0 Å². The zero-order chi connectivity index (χ0) is 31.6. The van der Waals surface area contributed by atoms with Gasteiger partial charge in [0.05, 0.1) is 30.3 Å². The molecule has 2 N–H and O–H groups in total. The molecule has 3 aromatic carbocycles. The second kappa shape index (κ2) is 15.3. The third-order valence-corrected chi connectivity index (χ3v) is 6.86. The van der Waals surface area contributed by atoms with Crippen LogP contribution in [0.15, 0.2) is 83.9 Å². The van der Waals surface area contributed by atoms with Gasteiger partial charge in [0, 0.05) is 11.7 Å². The number of nitrogens with zero attached hydrogens (tertiary/aromatic N) is 3. The maximum atomic E-state index is 12.8. The van der Waals surface area contributed by atoms with E-state index in [1.165, 1.54) is 0 Å². The zero-order valence-corrected chi connectivity index (χ0v) is 27.1. The molecule has 0 aliphatic carbocycles. The van der Waals surface area contributed by atoms with Gasteiger partial charge < -0.3 is 9.47 Å². The minimum Gasteiger partial charge on any atom is -0.495 e. The van der Waals surface area contributed by atoms with Crippen molar-refractivity contribution in [3.63, 3.8) is 0 Å². The largest absolute Gasteiger partial charge is 0.495 e. The number of methoxy groups -OCH3 is 1. The number of hydrazine groups is 1. The third-order valence-electron chi connectivity index (χ3n) is 5.93. The second-order valence-electron chi connectivity index (χ2n) is 11.3. The number of hydrogen-bond acceptors (Lipinski definition) is 7. The van der Waals surface area contributed by atoms with Crippen LogP contribution < -0.4 is 20.5 Å². The van der Waals surface area contributed by atoms with Crippen LogP contribution in [-0.2, 0) is 4.74 Å². The molecule has 230 valence electrons. The third kappa shape index (κ3) is 9.95. The summed E-state index contributed by atoms with van der Waals surface area (Å²) in [5, 5.41) is 0.815. The molecule has 0 radical (unpaired) electrons. The molecule has 1 fully saturated rings. The van der Waals surface area contributed by atoms with Crippen molar-refractivity contribution in [2.75, 3.05) is 23.3 Å². The Bertz CT molecular complexity index is 1380. The number of carbonyl (C=O) groups is 2. The first-order chi connectivity index (χ1) is 20.4. The molecule has 3 aromatic rings. The SMILES string of the molecule is CC(C)N1C(=O)N(c2ccccc2)CSC1=NC(C)(C)C.COc1ccc(-c2ccccc2)cc1NNC(=O)OC(C)C. The van der Waals surface area contributed by atoms with Gasteiger partial charge in [0.2, 0.25) is 0 Å². The van der Waals surface area contributed by atoms with E-state index in [2.05, 4.69) is 10.9 Å². The van der Waals surface area contributed by atoms with E-state index < -0.39 is 6.09 Å². The molecule has 9 nitrogen and oxygen atoms in total. The Balaban J connectivity index is 0.000000236. The van der Waals surface area contributed by atoms with Gasteiger partial charge in [-0.3, -0.25) is 20.2 Å². The summed E-state index contributed by atoms with van der Waals surface area (Å²) in [5.41, 5.74) is 8.81. The van der Waals surface area contributed by atoms with Crippen molar-refractivity contribution in [3.05, 3.63) is 78.9 Å². The van der Waals surface area contributed by atoms with E-state index >= 15 is 0 Å². The number of para-hydroxylation sites is 1. The Morgan fingerprint density at radius 2 is 1.56 bits per heavy atom. The van der Waals surface area contributed by atoms with Crippen LogP contribution in [0.4, 0.5) is 21.0 Å². The topological polar surface area (TPSA) is 95.5 Å². The van der Waals surface area contributed by atoms with E-state index in [-0.39, 0.29) is 23.7 Å². The summed E-state index contributed by atoms with van der Waals surface area (Å²) in [5.74, 6) is 1.23. The van der Waals surface area contributed by atoms with Crippen LogP contribution in [0.3, 0.4) is 0 Å². The van der Waals surface area contributed by atoms with Crippen LogP contribution in [0.2, 0.25) is 0 Å². The number of carbonyl (C=O) groups excluding carboxylic acids is 2. The maximum Gasteiger partial charge on any atom is 0.426 e. The highest BCUT2D eigenvalue weighted by molar-refractivity contribution is 8.14. The van der Waals surface area contributed by atoms with Crippen LogP contribution in [0.5, 0.6) is 5.75 Å². The Kier molecular flexibility index (Phi) is 11.9. The number of rotatable bonds is 7. The van der Waals surface area contributed by atoms with Crippen molar-refractivity contribution in [2.24, 2.45) is 4.99 Å². The van der Waals surface area contributed by atoms with Crippen LogP contribution >= 0.6 is 11.8 Å². The van der Waals surface area contributed by atoms with Gasteiger partial charge in [-0.25, -0.2) is 15.0 Å². The number of nitrogens with one attached hydrogen (secondary N) is 2. The number of thioether (sulfide) groups is 1. The molecule has 43 heavy (non-hydrogen) atoms. The van der Waals surface area contributed by atoms with Crippen LogP contribution in [0.25, 0.3) is 11.1 Å². The number of anilines is 2. The molecule has 1 heterocycles. The summed E-state index contributed by atoms with van der Waals surface area (Å²) in [6.45, 7) is 13.8. The van der Waals surface area contributed by atoms with Crippen molar-refractivity contribution < 1.29 is 19.1 Å². The van der Waals surface area contributed by atoms with Crippen LogP contribution in [0, 0.1) is 0 Å². The number of ether oxygens (including phenoxy) is 2. The van der Waals surface area contributed by atoms with Crippen molar-refractivity contribution >= 4 is 40.4 Å². The molecule has 0 aromatic heterocycles. The lowest BCUT2D eigenvalue weighted by Crippen LogP contribution is -2.53. The summed E-state index contributed by atoms with van der Waals surface area (Å²) in [6.07, 6.45) is -0.721. The quantitative estimate of drug-likeness (QED) is 0.265. The number of benzene rings is 3. The maximum absolute atomic E-state index is 12.8. The Morgan fingerprint density at radius 1 is 0.930 bits per heavy atom. The molecule has 0 bridgehead atoms. The van der Waals surface area contributed by atoms with Gasteiger partial charge in [-0.1, -0.05) is 66.4 Å². The van der Waals surface area contributed by atoms with Crippen LogP contribution in [-0.4, -0.2) is 52.9 Å². The second-order valence-corrected chi connectivity index (χ2v) is 12.2. The van der Waals surface area contributed by atoms with E-state index in [0.29, 0.717) is 17.3 Å². The minimum atomic E-state index is -0.540. The summed E-state index contributed by atoms with van der Waals surface area (Å²) in [4.78, 5) is 32.7. The first-order valence-electron chi connectivity index (χ1n) is 14.2. The van der Waals surface area contributed by atoms with Gasteiger partial charge in [0.25, 0.3) is 0 Å². The first kappa shape index (κ1) is 33.3. The summed E-state index contributed by atoms with van der Waals surface area (Å²) in [6, 6.07) is 25.5. The van der Waals surface area contributed by atoms with Gasteiger partial charge in [-0.2, -0.15) is 0 Å². The fraction of sp³-hybridized carbons (Fsp3) is 0.364. The fourth-order valence-corrected chi connectivity index (χ4v) is 5.31. The van der Waals surface area contributed by atoms with Crippen molar-refractivity contribution in [1.82, 2.24) is 10.3 Å². The predicted molar refractivity (Wildman–Crippen MR) is 178 cm³/mol. The molecule has 1 aliphatic rings. The van der Waals surface area contributed by atoms with E-state index in [1.807, 2.05) is 113 Å². The standard InChI is InChI=1S/C17H20N2O3.C16H23N3OS/c1-12(2)22-17(20)19-18-15-11-14(9-10-16(15)21-3)13-7-5-4-6-8-13;1-12(2)19-14(17-16(3,4)5)21-11-18(15(19)20)13-9-7-6-8-10-13/h4-12,18H,1-3H3,(H,19,20);6-10,12H,11H2,1-5H3. The lowest BCUT2D eigenvalue weighted by molar-refractivity contribution is 0.117. The molecule has 1 aliphatic heterocycles. The van der Waals surface area contributed by atoms with Crippen molar-refractivity contribution in [2.45, 2.75) is 66.2 Å². The molecule has 0 atom stereocenters. The van der Waals surface area contributed by atoms with E-state index in [1.54, 1.807) is 42.5 Å². The Morgan fingerprint density at radius 3 is 2.12 bits per heavy atom. The molecule has 0 saturated carbocycles. The molecular weight excluding hydrogens is 562 g/mol. The van der Waals surface area contributed by atoms with E-state index in [0.717, 1.165) is 22.0 Å². The van der Waals surface area contributed by atoms with Crippen molar-refractivity contribution in [1.29, 1.82) is 0 Å².